The van der Waals surface area contributed by atoms with Crippen LogP contribution >= 0.6 is 0 Å². The number of rotatable bonds is 6. The summed E-state index contributed by atoms with van der Waals surface area (Å²) in [6, 6.07) is 10.9. The van der Waals surface area contributed by atoms with Gasteiger partial charge in [-0.1, -0.05) is 19.1 Å². The minimum absolute atomic E-state index is 0.0589. The van der Waals surface area contributed by atoms with Crippen molar-refractivity contribution in [3.8, 4) is 11.3 Å². The lowest BCUT2D eigenvalue weighted by molar-refractivity contribution is 0.346. The molecule has 1 aromatic carbocycles. The van der Waals surface area contributed by atoms with Crippen LogP contribution < -0.4 is 0 Å². The molecule has 0 bridgehead atoms. The maximum absolute atomic E-state index is 14.4. The first-order chi connectivity index (χ1) is 12.4. The molecular formula is C19H20FN3O2S. The van der Waals surface area contributed by atoms with Crippen LogP contribution in [0.15, 0.2) is 66.0 Å². The Morgan fingerprint density at radius 2 is 1.96 bits per heavy atom. The Morgan fingerprint density at radius 3 is 2.62 bits per heavy atom. The van der Waals surface area contributed by atoms with E-state index in [-0.39, 0.29) is 10.5 Å². The van der Waals surface area contributed by atoms with Gasteiger partial charge in [-0.25, -0.2) is 16.8 Å². The summed E-state index contributed by atoms with van der Waals surface area (Å²) in [6.45, 7) is 3.39. The quantitative estimate of drug-likeness (QED) is 0.665. The summed E-state index contributed by atoms with van der Waals surface area (Å²) >= 11 is 0. The van der Waals surface area contributed by atoms with Crippen molar-refractivity contribution in [2.75, 3.05) is 13.6 Å². The van der Waals surface area contributed by atoms with Crippen LogP contribution in [-0.2, 0) is 16.6 Å². The monoisotopic (exact) mass is 373 g/mol. The Morgan fingerprint density at radius 1 is 1.19 bits per heavy atom. The van der Waals surface area contributed by atoms with E-state index in [1.54, 1.807) is 36.5 Å². The fourth-order valence-electron chi connectivity index (χ4n) is 2.68. The van der Waals surface area contributed by atoms with Crippen LogP contribution in [0.3, 0.4) is 0 Å². The number of halogens is 1. The molecule has 0 aliphatic heterocycles. The molecule has 26 heavy (non-hydrogen) atoms. The Kier molecular flexibility index (Phi) is 5.20. The lowest BCUT2D eigenvalue weighted by Crippen LogP contribution is -2.16. The molecule has 2 heterocycles. The number of benzene rings is 1. The molecule has 0 amide bonds. The van der Waals surface area contributed by atoms with Gasteiger partial charge in [0.25, 0.3) is 10.0 Å². The van der Waals surface area contributed by atoms with E-state index in [0.717, 1.165) is 16.1 Å². The van der Waals surface area contributed by atoms with E-state index in [1.165, 1.54) is 24.5 Å². The molecule has 0 saturated carbocycles. The maximum Gasteiger partial charge on any atom is 0.269 e. The Bertz CT molecular complexity index is 1000. The summed E-state index contributed by atoms with van der Waals surface area (Å²) in [5.74, 6) is -0.469. The van der Waals surface area contributed by atoms with E-state index in [0.29, 0.717) is 12.2 Å². The van der Waals surface area contributed by atoms with Gasteiger partial charge >= 0.3 is 0 Å². The molecule has 0 unspecified atom stereocenters. The minimum atomic E-state index is -3.89. The van der Waals surface area contributed by atoms with Gasteiger partial charge in [-0.3, -0.25) is 4.98 Å². The molecule has 3 aromatic rings. The Balaban J connectivity index is 2.19. The molecule has 0 saturated heterocycles. The number of aromatic nitrogens is 2. The van der Waals surface area contributed by atoms with Crippen LogP contribution in [0.1, 0.15) is 12.5 Å². The lowest BCUT2D eigenvalue weighted by atomic mass is 10.1. The maximum atomic E-state index is 14.4. The van der Waals surface area contributed by atoms with Crippen LogP contribution in [0.5, 0.6) is 0 Å². The first-order valence-electron chi connectivity index (χ1n) is 8.23. The van der Waals surface area contributed by atoms with Crippen molar-refractivity contribution in [3.05, 3.63) is 72.4 Å². The molecule has 3 rings (SSSR count). The third-order valence-electron chi connectivity index (χ3n) is 4.18. The lowest BCUT2D eigenvalue weighted by Gasteiger charge is -2.12. The minimum Gasteiger partial charge on any atom is -0.302 e. The average Bonchev–Trinajstić information content (AvgIpc) is 3.07. The van der Waals surface area contributed by atoms with Gasteiger partial charge < -0.3 is 4.90 Å². The number of hydrogen-bond acceptors (Lipinski definition) is 4. The first kappa shape index (κ1) is 18.3. The molecule has 136 valence electrons. The van der Waals surface area contributed by atoms with Crippen molar-refractivity contribution < 1.29 is 12.8 Å². The van der Waals surface area contributed by atoms with Crippen molar-refractivity contribution in [2.24, 2.45) is 0 Å². The highest BCUT2D eigenvalue weighted by Gasteiger charge is 2.23. The van der Waals surface area contributed by atoms with Gasteiger partial charge in [0.2, 0.25) is 0 Å². The molecule has 0 aliphatic rings. The zero-order chi connectivity index (χ0) is 18.7. The van der Waals surface area contributed by atoms with Gasteiger partial charge in [-0.15, -0.1) is 0 Å². The van der Waals surface area contributed by atoms with Crippen LogP contribution in [0.4, 0.5) is 4.39 Å². The molecule has 2 aromatic heterocycles. The van der Waals surface area contributed by atoms with E-state index >= 15 is 0 Å². The van der Waals surface area contributed by atoms with Crippen LogP contribution in [0, 0.1) is 5.82 Å². The van der Waals surface area contributed by atoms with E-state index in [9.17, 15) is 12.8 Å². The van der Waals surface area contributed by atoms with Crippen LogP contribution in [0.2, 0.25) is 0 Å². The molecule has 0 spiro atoms. The molecule has 7 heteroatoms. The molecule has 5 nitrogen and oxygen atoms in total. The van der Waals surface area contributed by atoms with Crippen molar-refractivity contribution in [2.45, 2.75) is 18.4 Å². The summed E-state index contributed by atoms with van der Waals surface area (Å²) in [7, 11) is -1.95. The third-order valence-corrected chi connectivity index (χ3v) is 5.83. The van der Waals surface area contributed by atoms with Crippen molar-refractivity contribution in [1.29, 1.82) is 0 Å². The molecule has 0 N–H and O–H groups in total. The fourth-order valence-corrected chi connectivity index (χ4v) is 4.04. The van der Waals surface area contributed by atoms with E-state index in [4.69, 9.17) is 0 Å². The number of nitrogens with zero attached hydrogens (tertiary/aromatic N) is 3. The van der Waals surface area contributed by atoms with Gasteiger partial charge in [0, 0.05) is 30.7 Å². The number of pyridine rings is 1. The highest BCUT2D eigenvalue weighted by Crippen LogP contribution is 2.29. The van der Waals surface area contributed by atoms with Gasteiger partial charge in [0.15, 0.2) is 0 Å². The normalized spacial score (nSPS) is 11.8. The second-order valence-electron chi connectivity index (χ2n) is 6.03. The molecule has 0 fully saturated rings. The Labute approximate surface area is 152 Å². The second kappa shape index (κ2) is 7.39. The van der Waals surface area contributed by atoms with Crippen molar-refractivity contribution in [3.63, 3.8) is 0 Å². The standard InChI is InChI=1S/C19H20FN3O2S/c1-3-22(2)13-15-11-19(17-8-4-5-9-18(17)20)23(14-15)26(24,25)16-7-6-10-21-12-16/h4-12,14H,3,13H2,1-2H3. The predicted octanol–water partition coefficient (Wildman–Crippen LogP) is 3.38. The zero-order valence-corrected chi connectivity index (χ0v) is 15.4. The third kappa shape index (κ3) is 3.54. The van der Waals surface area contributed by atoms with Crippen LogP contribution in [0.25, 0.3) is 11.3 Å². The largest absolute Gasteiger partial charge is 0.302 e. The second-order valence-corrected chi connectivity index (χ2v) is 7.85. The molecule has 0 radical (unpaired) electrons. The summed E-state index contributed by atoms with van der Waals surface area (Å²) < 4.78 is 41.7. The highest BCUT2D eigenvalue weighted by molar-refractivity contribution is 7.90. The topological polar surface area (TPSA) is 55.2 Å². The summed E-state index contributed by atoms with van der Waals surface area (Å²) in [5, 5.41) is 0. The summed E-state index contributed by atoms with van der Waals surface area (Å²) in [6.07, 6.45) is 4.35. The van der Waals surface area contributed by atoms with Gasteiger partial charge in [-0.05, 0) is 49.5 Å². The predicted molar refractivity (Wildman–Crippen MR) is 98.7 cm³/mol. The first-order valence-corrected chi connectivity index (χ1v) is 9.68. The smallest absolute Gasteiger partial charge is 0.269 e. The van der Waals surface area contributed by atoms with Gasteiger partial charge in [0.1, 0.15) is 10.7 Å². The zero-order valence-electron chi connectivity index (χ0n) is 14.6. The van der Waals surface area contributed by atoms with Gasteiger partial charge in [-0.2, -0.15) is 0 Å². The van der Waals surface area contributed by atoms with E-state index in [2.05, 4.69) is 4.98 Å². The summed E-state index contributed by atoms with van der Waals surface area (Å²) in [4.78, 5) is 5.99. The molecule has 0 aliphatic carbocycles. The fraction of sp³-hybridized carbons (Fsp3) is 0.211. The molecule has 0 atom stereocenters. The average molecular weight is 373 g/mol. The van der Waals surface area contributed by atoms with Crippen LogP contribution in [-0.4, -0.2) is 35.9 Å². The molecular weight excluding hydrogens is 353 g/mol. The van der Waals surface area contributed by atoms with E-state index < -0.39 is 15.8 Å². The number of hydrogen-bond donors (Lipinski definition) is 0. The van der Waals surface area contributed by atoms with E-state index in [1.807, 2.05) is 18.9 Å². The Hall–Kier alpha value is -2.51. The SMILES string of the molecule is CCN(C)Cc1cc(-c2ccccc2F)n(S(=O)(=O)c2cccnc2)c1. The van der Waals surface area contributed by atoms with Crippen molar-refractivity contribution in [1.82, 2.24) is 13.9 Å². The summed E-state index contributed by atoms with van der Waals surface area (Å²) in [5.41, 5.74) is 1.33. The highest BCUT2D eigenvalue weighted by atomic mass is 32.2. The van der Waals surface area contributed by atoms with Gasteiger partial charge in [0.05, 0.1) is 5.69 Å². The van der Waals surface area contributed by atoms with Crippen molar-refractivity contribution >= 4 is 10.0 Å².